The van der Waals surface area contributed by atoms with Crippen molar-refractivity contribution in [3.05, 3.63) is 23.8 Å². The van der Waals surface area contributed by atoms with E-state index in [2.05, 4.69) is 12.1 Å². The van der Waals surface area contributed by atoms with Crippen LogP contribution in [-0.2, 0) is 0 Å². The van der Waals surface area contributed by atoms with Crippen molar-refractivity contribution >= 4 is 5.71 Å². The van der Waals surface area contributed by atoms with Crippen molar-refractivity contribution in [1.29, 1.82) is 0 Å². The van der Waals surface area contributed by atoms with Crippen molar-refractivity contribution in [3.8, 4) is 11.5 Å². The lowest BCUT2D eigenvalue weighted by atomic mass is 9.86. The van der Waals surface area contributed by atoms with Gasteiger partial charge >= 0.3 is 0 Å². The second kappa shape index (κ2) is 11.2. The fourth-order valence-corrected chi connectivity index (χ4v) is 3.84. The first-order valence-electron chi connectivity index (χ1n) is 10.4. The smallest absolute Gasteiger partial charge is 0.129 e. The number of nitrogens with zero attached hydrogens (tertiary/aromatic N) is 1. The van der Waals surface area contributed by atoms with Gasteiger partial charge in [-0.05, 0) is 44.4 Å². The van der Waals surface area contributed by atoms with Gasteiger partial charge in [0, 0.05) is 18.6 Å². The number of ether oxygens (including phenoxy) is 1. The normalized spacial score (nSPS) is 20.4. The van der Waals surface area contributed by atoms with Gasteiger partial charge < -0.3 is 20.2 Å². The number of fused-ring (bicyclic) bond motifs is 1. The summed E-state index contributed by atoms with van der Waals surface area (Å²) in [5, 5.41) is 31.2. The number of phenols is 1. The number of hydrogen-bond donors (Lipinski definition) is 3. The van der Waals surface area contributed by atoms with Crippen molar-refractivity contribution in [1.82, 2.24) is 0 Å². The summed E-state index contributed by atoms with van der Waals surface area (Å²) in [5.41, 5.74) is 0.892. The molecule has 1 unspecified atom stereocenters. The first-order chi connectivity index (χ1) is 13.1. The molecule has 0 aliphatic carbocycles. The van der Waals surface area contributed by atoms with Crippen LogP contribution in [0.1, 0.15) is 89.5 Å². The molecule has 27 heavy (non-hydrogen) atoms. The Kier molecular flexibility index (Phi) is 8.92. The van der Waals surface area contributed by atoms with Crippen LogP contribution in [0.15, 0.2) is 23.4 Å². The van der Waals surface area contributed by atoms with E-state index in [1.807, 2.05) is 0 Å². The van der Waals surface area contributed by atoms with E-state index in [4.69, 9.17) is 9.84 Å². The van der Waals surface area contributed by atoms with Crippen LogP contribution in [0.25, 0.3) is 0 Å². The fourth-order valence-electron chi connectivity index (χ4n) is 3.84. The van der Waals surface area contributed by atoms with Crippen LogP contribution < -0.4 is 4.74 Å². The Balaban J connectivity index is 1.65. The predicted molar refractivity (Wildman–Crippen MR) is 108 cm³/mol. The molecule has 0 saturated carbocycles. The highest BCUT2D eigenvalue weighted by molar-refractivity contribution is 6.04. The Bertz CT molecular complexity index is 602. The third kappa shape index (κ3) is 7.06. The minimum Gasteiger partial charge on any atom is -0.508 e. The minimum atomic E-state index is -0.363. The first kappa shape index (κ1) is 21.5. The number of oxime groups is 1. The highest BCUT2D eigenvalue weighted by atomic mass is 16.5. The molecule has 5 heteroatoms. The highest BCUT2D eigenvalue weighted by Crippen LogP contribution is 2.38. The SMILES string of the molecule is CC1(CCCCCCCCCCCCO)CC(=NO)c2cc(O)ccc2O1. The van der Waals surface area contributed by atoms with Crippen LogP contribution in [0.4, 0.5) is 0 Å². The van der Waals surface area contributed by atoms with E-state index in [0.717, 1.165) is 25.7 Å². The predicted octanol–water partition coefficient (Wildman–Crippen LogP) is 5.40. The largest absolute Gasteiger partial charge is 0.508 e. The van der Waals surface area contributed by atoms with Crippen LogP contribution in [0.3, 0.4) is 0 Å². The van der Waals surface area contributed by atoms with Crippen molar-refractivity contribution in [2.24, 2.45) is 5.16 Å². The number of phenolic OH excluding ortho intramolecular Hbond substituents is 1. The molecule has 0 amide bonds. The Hall–Kier alpha value is -1.75. The molecule has 3 N–H and O–H groups in total. The van der Waals surface area contributed by atoms with Gasteiger partial charge in [0.05, 0.1) is 5.71 Å². The number of aliphatic hydroxyl groups excluding tert-OH is 1. The van der Waals surface area contributed by atoms with Gasteiger partial charge in [-0.25, -0.2) is 0 Å². The maximum atomic E-state index is 9.65. The van der Waals surface area contributed by atoms with E-state index in [1.165, 1.54) is 44.9 Å². The second-order valence-corrected chi connectivity index (χ2v) is 7.97. The standard InChI is InChI=1S/C22H35NO4/c1-22(14-10-8-6-4-2-3-5-7-9-11-15-24)17-20(23-26)19-16-18(25)12-13-21(19)27-22/h12-13,16,24-26H,2-11,14-15,17H2,1H3. The number of unbranched alkanes of at least 4 members (excludes halogenated alkanes) is 9. The molecule has 1 atom stereocenters. The maximum absolute atomic E-state index is 9.65. The molecular formula is C22H35NO4. The molecule has 0 radical (unpaired) electrons. The molecule has 0 spiro atoms. The van der Waals surface area contributed by atoms with E-state index in [1.54, 1.807) is 18.2 Å². The highest BCUT2D eigenvalue weighted by Gasteiger charge is 2.35. The first-order valence-corrected chi connectivity index (χ1v) is 10.4. The molecule has 1 heterocycles. The number of hydrogen-bond acceptors (Lipinski definition) is 5. The molecule has 1 aromatic rings. The maximum Gasteiger partial charge on any atom is 0.129 e. The monoisotopic (exact) mass is 377 g/mol. The lowest BCUT2D eigenvalue weighted by molar-refractivity contribution is 0.0764. The van der Waals surface area contributed by atoms with E-state index in [0.29, 0.717) is 30.1 Å². The second-order valence-electron chi connectivity index (χ2n) is 7.97. The van der Waals surface area contributed by atoms with Crippen LogP contribution in [0.2, 0.25) is 0 Å². The third-order valence-corrected chi connectivity index (χ3v) is 5.41. The van der Waals surface area contributed by atoms with Crippen LogP contribution >= 0.6 is 0 Å². The average Bonchev–Trinajstić information content (AvgIpc) is 2.66. The van der Waals surface area contributed by atoms with Gasteiger partial charge in [0.1, 0.15) is 17.1 Å². The van der Waals surface area contributed by atoms with Gasteiger partial charge in [-0.3, -0.25) is 0 Å². The number of rotatable bonds is 12. The van der Waals surface area contributed by atoms with Crippen molar-refractivity contribution in [2.75, 3.05) is 6.61 Å². The molecular weight excluding hydrogens is 342 g/mol. The lowest BCUT2D eigenvalue weighted by Gasteiger charge is -2.36. The zero-order chi connectivity index (χ0) is 19.5. The van der Waals surface area contributed by atoms with Crippen LogP contribution in [-0.4, -0.2) is 33.3 Å². The fraction of sp³-hybridized carbons (Fsp3) is 0.682. The van der Waals surface area contributed by atoms with Gasteiger partial charge in [-0.15, -0.1) is 0 Å². The summed E-state index contributed by atoms with van der Waals surface area (Å²) in [7, 11) is 0. The van der Waals surface area contributed by atoms with Crippen molar-refractivity contribution < 1.29 is 20.2 Å². The Labute approximate surface area is 163 Å². The summed E-state index contributed by atoms with van der Waals surface area (Å²) in [6.07, 6.45) is 13.5. The molecule has 1 aliphatic rings. The minimum absolute atomic E-state index is 0.149. The van der Waals surface area contributed by atoms with Gasteiger partial charge in [0.2, 0.25) is 0 Å². The average molecular weight is 378 g/mol. The molecule has 2 rings (SSSR count). The summed E-state index contributed by atoms with van der Waals surface area (Å²) in [6, 6.07) is 4.94. The molecule has 152 valence electrons. The quantitative estimate of drug-likeness (QED) is 0.259. The van der Waals surface area contributed by atoms with E-state index >= 15 is 0 Å². The zero-order valence-corrected chi connectivity index (χ0v) is 16.6. The Morgan fingerprint density at radius 3 is 2.15 bits per heavy atom. The van der Waals surface area contributed by atoms with E-state index in [9.17, 15) is 10.3 Å². The Morgan fingerprint density at radius 2 is 1.56 bits per heavy atom. The van der Waals surface area contributed by atoms with Crippen LogP contribution in [0, 0.1) is 0 Å². The summed E-state index contributed by atoms with van der Waals surface area (Å²) in [5.74, 6) is 0.825. The molecule has 5 nitrogen and oxygen atoms in total. The zero-order valence-electron chi connectivity index (χ0n) is 16.6. The number of benzene rings is 1. The molecule has 0 aromatic heterocycles. The summed E-state index contributed by atoms with van der Waals surface area (Å²) >= 11 is 0. The van der Waals surface area contributed by atoms with E-state index < -0.39 is 0 Å². The van der Waals surface area contributed by atoms with Crippen LogP contribution in [0.5, 0.6) is 11.5 Å². The summed E-state index contributed by atoms with van der Waals surface area (Å²) in [6.45, 7) is 2.39. The summed E-state index contributed by atoms with van der Waals surface area (Å²) < 4.78 is 6.18. The third-order valence-electron chi connectivity index (χ3n) is 5.41. The number of aromatic hydroxyl groups is 1. The summed E-state index contributed by atoms with van der Waals surface area (Å²) in [4.78, 5) is 0. The van der Waals surface area contributed by atoms with Gasteiger partial charge in [-0.2, -0.15) is 0 Å². The molecule has 1 aromatic carbocycles. The number of aliphatic hydroxyl groups is 1. The molecule has 0 fully saturated rings. The van der Waals surface area contributed by atoms with Crippen molar-refractivity contribution in [2.45, 2.75) is 89.6 Å². The van der Waals surface area contributed by atoms with E-state index in [-0.39, 0.29) is 11.4 Å². The van der Waals surface area contributed by atoms with Crippen molar-refractivity contribution in [3.63, 3.8) is 0 Å². The lowest BCUT2D eigenvalue weighted by Crippen LogP contribution is -2.39. The Morgan fingerprint density at radius 1 is 0.963 bits per heavy atom. The molecule has 0 bridgehead atoms. The van der Waals surface area contributed by atoms with Gasteiger partial charge in [0.15, 0.2) is 0 Å². The van der Waals surface area contributed by atoms with Gasteiger partial charge in [-0.1, -0.05) is 56.5 Å². The van der Waals surface area contributed by atoms with Gasteiger partial charge in [0.25, 0.3) is 0 Å². The molecule has 0 saturated heterocycles. The topological polar surface area (TPSA) is 82.3 Å². The molecule has 1 aliphatic heterocycles.